The van der Waals surface area contributed by atoms with Gasteiger partial charge in [-0.25, -0.2) is 0 Å². The molecule has 0 aliphatic heterocycles. The summed E-state index contributed by atoms with van der Waals surface area (Å²) in [6.07, 6.45) is -4.26. The van der Waals surface area contributed by atoms with Crippen molar-refractivity contribution in [3.63, 3.8) is 0 Å². The molecule has 0 radical (unpaired) electrons. The number of alkyl halides is 3. The maximum atomic E-state index is 12.5. The lowest BCUT2D eigenvalue weighted by Crippen LogP contribution is -2.34. The molecule has 1 aromatic carbocycles. The van der Waals surface area contributed by atoms with E-state index < -0.39 is 11.7 Å². The second-order valence-electron chi connectivity index (χ2n) is 5.67. The summed E-state index contributed by atoms with van der Waals surface area (Å²) in [6, 6.07) is 5.59. The number of benzene rings is 1. The van der Waals surface area contributed by atoms with Gasteiger partial charge in [-0.3, -0.25) is 0 Å². The third-order valence-electron chi connectivity index (χ3n) is 4.23. The fourth-order valence-electron chi connectivity index (χ4n) is 2.35. The van der Waals surface area contributed by atoms with Gasteiger partial charge in [-0.2, -0.15) is 13.2 Å². The van der Waals surface area contributed by atoms with Crippen molar-refractivity contribution in [2.75, 3.05) is 0 Å². The second kappa shape index (κ2) is 4.94. The van der Waals surface area contributed by atoms with Crippen LogP contribution in [0.2, 0.25) is 0 Å². The molecular formula is C15H21F3. The van der Waals surface area contributed by atoms with E-state index in [-0.39, 0.29) is 5.41 Å². The van der Waals surface area contributed by atoms with Crippen LogP contribution in [0.4, 0.5) is 13.2 Å². The van der Waals surface area contributed by atoms with E-state index in [2.05, 4.69) is 34.6 Å². The zero-order valence-corrected chi connectivity index (χ0v) is 11.6. The molecule has 0 nitrogen and oxygen atoms in total. The molecule has 0 atom stereocenters. The van der Waals surface area contributed by atoms with Crippen molar-refractivity contribution in [3.05, 3.63) is 35.4 Å². The highest BCUT2D eigenvalue weighted by molar-refractivity contribution is 5.31. The van der Waals surface area contributed by atoms with Gasteiger partial charge in [-0.15, -0.1) is 0 Å². The Morgan fingerprint density at radius 3 is 1.39 bits per heavy atom. The smallest absolute Gasteiger partial charge is 0.166 e. The van der Waals surface area contributed by atoms with Gasteiger partial charge in [0.05, 0.1) is 5.56 Å². The third kappa shape index (κ3) is 2.70. The van der Waals surface area contributed by atoms with Gasteiger partial charge in [0.15, 0.2) is 0 Å². The molecular weight excluding hydrogens is 237 g/mol. The van der Waals surface area contributed by atoms with Crippen molar-refractivity contribution in [3.8, 4) is 0 Å². The van der Waals surface area contributed by atoms with E-state index in [1.807, 2.05) is 0 Å². The van der Waals surface area contributed by atoms with Crippen LogP contribution in [-0.2, 0) is 11.6 Å². The summed E-state index contributed by atoms with van der Waals surface area (Å²) in [6.45, 7) is 10.6. The largest absolute Gasteiger partial charge is 0.416 e. The number of rotatable bonds is 3. The summed E-state index contributed by atoms with van der Waals surface area (Å²) in [7, 11) is 0. The SMILES string of the molecule is CC(C)C(C)(c1ccc(C(F)(F)F)cc1)C(C)C. The Kier molecular flexibility index (Phi) is 4.14. The van der Waals surface area contributed by atoms with Crippen molar-refractivity contribution < 1.29 is 13.2 Å². The zero-order valence-electron chi connectivity index (χ0n) is 11.6. The van der Waals surface area contributed by atoms with Crippen molar-refractivity contribution in [2.24, 2.45) is 11.8 Å². The number of hydrogen-bond acceptors (Lipinski definition) is 0. The molecule has 1 aromatic rings. The fourth-order valence-corrected chi connectivity index (χ4v) is 2.35. The van der Waals surface area contributed by atoms with E-state index in [9.17, 15) is 13.2 Å². The Bertz CT molecular complexity index is 377. The Hall–Kier alpha value is -0.990. The molecule has 3 heteroatoms. The maximum Gasteiger partial charge on any atom is 0.416 e. The van der Waals surface area contributed by atoms with Crippen LogP contribution in [0.25, 0.3) is 0 Å². The van der Waals surface area contributed by atoms with Gasteiger partial charge in [-0.1, -0.05) is 46.8 Å². The summed E-state index contributed by atoms with van der Waals surface area (Å²) in [4.78, 5) is 0. The maximum absolute atomic E-state index is 12.5. The standard InChI is InChI=1S/C15H21F3/c1-10(2)14(5,11(3)4)12-6-8-13(9-7-12)15(16,17)18/h6-11H,1-5H3. The van der Waals surface area contributed by atoms with Crippen LogP contribution in [-0.4, -0.2) is 0 Å². The molecule has 0 amide bonds. The first kappa shape index (κ1) is 15.1. The Balaban J connectivity index is 3.18. The topological polar surface area (TPSA) is 0 Å². The Morgan fingerprint density at radius 1 is 0.778 bits per heavy atom. The molecule has 0 heterocycles. The normalized spacial score (nSPS) is 13.4. The average Bonchev–Trinajstić information content (AvgIpc) is 2.26. The van der Waals surface area contributed by atoms with Gasteiger partial charge in [-0.05, 0) is 34.9 Å². The monoisotopic (exact) mass is 258 g/mol. The quantitative estimate of drug-likeness (QED) is 0.692. The average molecular weight is 258 g/mol. The molecule has 0 unspecified atom stereocenters. The highest BCUT2D eigenvalue weighted by Crippen LogP contribution is 2.40. The predicted octanol–water partition coefficient (Wildman–Crippen LogP) is 5.28. The van der Waals surface area contributed by atoms with E-state index in [0.717, 1.165) is 5.56 Å². The molecule has 0 saturated carbocycles. The molecule has 0 saturated heterocycles. The third-order valence-corrected chi connectivity index (χ3v) is 4.23. The van der Waals surface area contributed by atoms with Crippen molar-refractivity contribution in [2.45, 2.75) is 46.2 Å². The molecule has 102 valence electrons. The molecule has 0 bridgehead atoms. The van der Waals surface area contributed by atoms with E-state index in [1.165, 1.54) is 12.1 Å². The van der Waals surface area contributed by atoms with E-state index >= 15 is 0 Å². The fraction of sp³-hybridized carbons (Fsp3) is 0.600. The molecule has 1 rings (SSSR count). The first-order valence-corrected chi connectivity index (χ1v) is 6.28. The first-order valence-electron chi connectivity index (χ1n) is 6.28. The van der Waals surface area contributed by atoms with Gasteiger partial charge in [0.2, 0.25) is 0 Å². The van der Waals surface area contributed by atoms with Gasteiger partial charge >= 0.3 is 6.18 Å². The van der Waals surface area contributed by atoms with E-state index in [4.69, 9.17) is 0 Å². The molecule has 0 aliphatic carbocycles. The minimum Gasteiger partial charge on any atom is -0.166 e. The van der Waals surface area contributed by atoms with Crippen LogP contribution >= 0.6 is 0 Å². The molecule has 0 aromatic heterocycles. The molecule has 0 aliphatic rings. The molecule has 18 heavy (non-hydrogen) atoms. The van der Waals surface area contributed by atoms with Crippen LogP contribution in [0, 0.1) is 11.8 Å². The lowest BCUT2D eigenvalue weighted by molar-refractivity contribution is -0.137. The summed E-state index contributed by atoms with van der Waals surface area (Å²) >= 11 is 0. The lowest BCUT2D eigenvalue weighted by Gasteiger charge is -2.38. The minimum absolute atomic E-state index is 0.107. The van der Waals surface area contributed by atoms with Crippen LogP contribution in [0.15, 0.2) is 24.3 Å². The van der Waals surface area contributed by atoms with Gasteiger partial charge in [0.1, 0.15) is 0 Å². The van der Waals surface area contributed by atoms with Crippen molar-refractivity contribution in [1.29, 1.82) is 0 Å². The summed E-state index contributed by atoms with van der Waals surface area (Å²) < 4.78 is 37.6. The minimum atomic E-state index is -4.26. The Morgan fingerprint density at radius 2 is 1.11 bits per heavy atom. The summed E-state index contributed by atoms with van der Waals surface area (Å²) in [5.74, 6) is 0.739. The summed E-state index contributed by atoms with van der Waals surface area (Å²) in [5, 5.41) is 0. The van der Waals surface area contributed by atoms with Crippen LogP contribution in [0.3, 0.4) is 0 Å². The van der Waals surface area contributed by atoms with Gasteiger partial charge in [0, 0.05) is 0 Å². The predicted molar refractivity (Wildman–Crippen MR) is 68.5 cm³/mol. The van der Waals surface area contributed by atoms with Gasteiger partial charge in [0.25, 0.3) is 0 Å². The zero-order chi connectivity index (χ0) is 14.1. The van der Waals surface area contributed by atoms with Crippen LogP contribution in [0.5, 0.6) is 0 Å². The summed E-state index contributed by atoms with van der Waals surface area (Å²) in [5.41, 5.74) is 0.283. The molecule has 0 N–H and O–H groups in total. The van der Waals surface area contributed by atoms with Crippen molar-refractivity contribution >= 4 is 0 Å². The molecule has 0 fully saturated rings. The van der Waals surface area contributed by atoms with E-state index in [1.54, 1.807) is 12.1 Å². The second-order valence-corrected chi connectivity index (χ2v) is 5.67. The number of halogens is 3. The van der Waals surface area contributed by atoms with Crippen LogP contribution in [0.1, 0.15) is 45.7 Å². The van der Waals surface area contributed by atoms with E-state index in [0.29, 0.717) is 11.8 Å². The highest BCUT2D eigenvalue weighted by atomic mass is 19.4. The highest BCUT2D eigenvalue weighted by Gasteiger charge is 2.35. The molecule has 0 spiro atoms. The Labute approximate surface area is 107 Å². The lowest BCUT2D eigenvalue weighted by atomic mass is 9.66. The number of hydrogen-bond donors (Lipinski definition) is 0. The van der Waals surface area contributed by atoms with Gasteiger partial charge < -0.3 is 0 Å². The van der Waals surface area contributed by atoms with Crippen LogP contribution < -0.4 is 0 Å². The first-order chi connectivity index (χ1) is 8.10. The van der Waals surface area contributed by atoms with Crippen molar-refractivity contribution in [1.82, 2.24) is 0 Å².